The van der Waals surface area contributed by atoms with Gasteiger partial charge in [0.1, 0.15) is 23.0 Å². The fourth-order valence-corrected chi connectivity index (χ4v) is 5.67. The Kier molecular flexibility index (Phi) is 7.52. The summed E-state index contributed by atoms with van der Waals surface area (Å²) in [6.45, 7) is 0. The van der Waals surface area contributed by atoms with E-state index in [1.807, 2.05) is 0 Å². The van der Waals surface area contributed by atoms with Gasteiger partial charge in [0.25, 0.3) is 10.0 Å². The zero-order valence-corrected chi connectivity index (χ0v) is 20.6. The van der Waals surface area contributed by atoms with Crippen molar-refractivity contribution in [3.8, 4) is 23.0 Å². The average molecular weight is 522 g/mol. The highest BCUT2D eigenvalue weighted by Gasteiger charge is 2.33. The molecule has 0 aliphatic heterocycles. The number of methoxy groups -OCH3 is 4. The van der Waals surface area contributed by atoms with E-state index in [0.717, 1.165) is 0 Å². The lowest BCUT2D eigenvalue weighted by Gasteiger charge is -2.28. The first-order chi connectivity index (χ1) is 15.4. The number of rotatable bonds is 9. The molecule has 0 aliphatic rings. The van der Waals surface area contributed by atoms with Crippen LogP contribution in [0.5, 0.6) is 23.0 Å². The standard InChI is InChI=1S/C23H24BrNO6S/c1-28-17-9-11-19(21(13-17)30-3)25(20-12-10-18(29-2)14-22(20)31-4)32(26,27)23-8-6-5-7-16(23)15-24/h5-14H,15H2,1-4H3. The van der Waals surface area contributed by atoms with Crippen molar-refractivity contribution in [2.24, 2.45) is 0 Å². The molecule has 0 bridgehead atoms. The van der Waals surface area contributed by atoms with Crippen LogP contribution in [0.1, 0.15) is 5.56 Å². The number of hydrogen-bond donors (Lipinski definition) is 0. The Morgan fingerprint density at radius 3 is 1.69 bits per heavy atom. The van der Waals surface area contributed by atoms with Gasteiger partial charge < -0.3 is 18.9 Å². The third-order valence-corrected chi connectivity index (χ3v) is 7.28. The number of halogens is 1. The second-order valence-electron chi connectivity index (χ2n) is 6.59. The average Bonchev–Trinajstić information content (AvgIpc) is 2.84. The maximum Gasteiger partial charge on any atom is 0.269 e. The highest BCUT2D eigenvalue weighted by molar-refractivity contribution is 9.08. The van der Waals surface area contributed by atoms with Gasteiger partial charge in [0, 0.05) is 17.5 Å². The molecule has 0 heterocycles. The van der Waals surface area contributed by atoms with E-state index >= 15 is 0 Å². The molecule has 3 aromatic carbocycles. The Balaban J connectivity index is 2.36. The molecule has 3 rings (SSSR count). The van der Waals surface area contributed by atoms with Gasteiger partial charge in [0.05, 0.1) is 44.7 Å². The summed E-state index contributed by atoms with van der Waals surface area (Å²) in [5, 5.41) is 0.371. The van der Waals surface area contributed by atoms with Crippen LogP contribution in [0.25, 0.3) is 0 Å². The Labute approximate surface area is 196 Å². The normalized spacial score (nSPS) is 11.0. The van der Waals surface area contributed by atoms with E-state index in [1.54, 1.807) is 60.7 Å². The van der Waals surface area contributed by atoms with Crippen LogP contribution in [0.3, 0.4) is 0 Å². The van der Waals surface area contributed by atoms with Gasteiger partial charge in [-0.2, -0.15) is 0 Å². The highest BCUT2D eigenvalue weighted by Crippen LogP contribution is 2.45. The van der Waals surface area contributed by atoms with Crippen molar-refractivity contribution in [3.05, 3.63) is 66.2 Å². The molecule has 0 atom stereocenters. The summed E-state index contributed by atoms with van der Waals surface area (Å²) in [7, 11) is 1.91. The van der Waals surface area contributed by atoms with Crippen LogP contribution in [0, 0.1) is 0 Å². The second kappa shape index (κ2) is 10.1. The van der Waals surface area contributed by atoms with Crippen molar-refractivity contribution in [2.75, 3.05) is 32.7 Å². The van der Waals surface area contributed by atoms with Crippen LogP contribution in [0.15, 0.2) is 65.6 Å². The Morgan fingerprint density at radius 2 is 1.25 bits per heavy atom. The summed E-state index contributed by atoms with van der Waals surface area (Å²) in [5.41, 5.74) is 1.24. The first-order valence-corrected chi connectivity index (χ1v) is 12.1. The molecular weight excluding hydrogens is 498 g/mol. The van der Waals surface area contributed by atoms with Gasteiger partial charge >= 0.3 is 0 Å². The summed E-state index contributed by atoms with van der Waals surface area (Å²) in [6, 6.07) is 16.7. The fourth-order valence-electron chi connectivity index (χ4n) is 3.26. The summed E-state index contributed by atoms with van der Waals surface area (Å²) < 4.78 is 51.0. The first-order valence-electron chi connectivity index (χ1n) is 9.54. The minimum atomic E-state index is -4.09. The molecule has 9 heteroatoms. The molecule has 0 saturated heterocycles. The Bertz CT molecular complexity index is 1140. The number of hydrogen-bond acceptors (Lipinski definition) is 6. The molecule has 170 valence electrons. The van der Waals surface area contributed by atoms with Gasteiger partial charge in [-0.3, -0.25) is 0 Å². The fraction of sp³-hybridized carbons (Fsp3) is 0.217. The number of nitrogens with zero attached hydrogens (tertiary/aromatic N) is 1. The van der Waals surface area contributed by atoms with Crippen molar-refractivity contribution >= 4 is 37.3 Å². The van der Waals surface area contributed by atoms with Gasteiger partial charge in [0.15, 0.2) is 0 Å². The van der Waals surface area contributed by atoms with E-state index in [2.05, 4.69) is 15.9 Å². The largest absolute Gasteiger partial charge is 0.497 e. The van der Waals surface area contributed by atoms with Gasteiger partial charge in [-0.1, -0.05) is 34.1 Å². The third-order valence-electron chi connectivity index (χ3n) is 4.85. The van der Waals surface area contributed by atoms with Crippen LogP contribution < -0.4 is 23.3 Å². The molecule has 0 aliphatic carbocycles. The molecule has 0 saturated carbocycles. The summed E-state index contributed by atoms with van der Waals surface area (Å²) >= 11 is 3.39. The molecule has 0 spiro atoms. The van der Waals surface area contributed by atoms with E-state index in [-0.39, 0.29) is 4.90 Å². The SMILES string of the molecule is COc1ccc(N(c2ccc(OC)cc2OC)S(=O)(=O)c2ccccc2CBr)c(OC)c1. The van der Waals surface area contributed by atoms with Gasteiger partial charge in [0.2, 0.25) is 0 Å². The zero-order chi connectivity index (χ0) is 23.3. The summed E-state index contributed by atoms with van der Waals surface area (Å²) in [6.07, 6.45) is 0. The molecule has 0 unspecified atom stereocenters. The molecular formula is C23H24BrNO6S. The third kappa shape index (κ3) is 4.49. The molecule has 7 nitrogen and oxygen atoms in total. The number of alkyl halides is 1. The monoisotopic (exact) mass is 521 g/mol. The maximum atomic E-state index is 14.1. The van der Waals surface area contributed by atoms with Crippen LogP contribution in [-0.2, 0) is 15.4 Å². The summed E-state index contributed by atoms with van der Waals surface area (Å²) in [4.78, 5) is 0.160. The molecule has 32 heavy (non-hydrogen) atoms. The van der Waals surface area contributed by atoms with Crippen LogP contribution >= 0.6 is 15.9 Å². The predicted octanol–water partition coefficient (Wildman–Crippen LogP) is 5.14. The lowest BCUT2D eigenvalue weighted by atomic mass is 10.2. The predicted molar refractivity (Wildman–Crippen MR) is 127 cm³/mol. The lowest BCUT2D eigenvalue weighted by molar-refractivity contribution is 0.393. The molecule has 3 aromatic rings. The quantitative estimate of drug-likeness (QED) is 0.363. The highest BCUT2D eigenvalue weighted by atomic mass is 79.9. The van der Waals surface area contributed by atoms with Crippen molar-refractivity contribution in [1.82, 2.24) is 0 Å². The van der Waals surface area contributed by atoms with Gasteiger partial charge in [-0.15, -0.1) is 0 Å². The maximum absolute atomic E-state index is 14.1. The minimum absolute atomic E-state index is 0.160. The van der Waals surface area contributed by atoms with Gasteiger partial charge in [-0.25, -0.2) is 12.7 Å². The topological polar surface area (TPSA) is 74.3 Å². The Morgan fingerprint density at radius 1 is 0.750 bits per heavy atom. The number of anilines is 2. The van der Waals surface area contributed by atoms with E-state index in [1.165, 1.54) is 32.7 Å². The number of benzene rings is 3. The van der Waals surface area contributed by atoms with Crippen LogP contribution in [-0.4, -0.2) is 36.9 Å². The van der Waals surface area contributed by atoms with Crippen molar-refractivity contribution < 1.29 is 27.4 Å². The van der Waals surface area contributed by atoms with E-state index in [4.69, 9.17) is 18.9 Å². The molecule has 0 aromatic heterocycles. The van der Waals surface area contributed by atoms with Crippen LogP contribution in [0.2, 0.25) is 0 Å². The summed E-state index contributed by atoms with van der Waals surface area (Å²) in [5.74, 6) is 1.71. The van der Waals surface area contributed by atoms with E-state index in [9.17, 15) is 8.42 Å². The molecule has 0 N–H and O–H groups in total. The molecule has 0 radical (unpaired) electrons. The smallest absolute Gasteiger partial charge is 0.269 e. The number of ether oxygens (including phenoxy) is 4. The van der Waals surface area contributed by atoms with Crippen molar-refractivity contribution in [3.63, 3.8) is 0 Å². The second-order valence-corrected chi connectivity index (χ2v) is 8.90. The van der Waals surface area contributed by atoms with Crippen molar-refractivity contribution in [2.45, 2.75) is 10.2 Å². The lowest BCUT2D eigenvalue weighted by Crippen LogP contribution is -2.28. The van der Waals surface area contributed by atoms with Crippen LogP contribution in [0.4, 0.5) is 11.4 Å². The first kappa shape index (κ1) is 23.7. The number of sulfonamides is 1. The van der Waals surface area contributed by atoms with E-state index < -0.39 is 10.0 Å². The molecule has 0 amide bonds. The van der Waals surface area contributed by atoms with E-state index in [0.29, 0.717) is 45.3 Å². The van der Waals surface area contributed by atoms with Gasteiger partial charge in [-0.05, 0) is 35.9 Å². The zero-order valence-electron chi connectivity index (χ0n) is 18.2. The minimum Gasteiger partial charge on any atom is -0.497 e. The Hall–Kier alpha value is -2.91. The molecule has 0 fully saturated rings. The van der Waals surface area contributed by atoms with Crippen molar-refractivity contribution in [1.29, 1.82) is 0 Å².